The van der Waals surface area contributed by atoms with Gasteiger partial charge in [-0.1, -0.05) is 32.4 Å². The molecule has 0 radical (unpaired) electrons. The number of hydrogen-bond donors (Lipinski definition) is 2. The minimum Gasteiger partial charge on any atom is -0.495 e. The van der Waals surface area contributed by atoms with Gasteiger partial charge in [-0.25, -0.2) is 4.79 Å². The van der Waals surface area contributed by atoms with Gasteiger partial charge in [0, 0.05) is 11.1 Å². The maximum absolute atomic E-state index is 11.9. The maximum atomic E-state index is 11.9. The SMILES string of the molecule is COc1ccc(Cl)cc1NC(=O)N[C@H](C)C(C)(C)C. The summed E-state index contributed by atoms with van der Waals surface area (Å²) < 4.78 is 5.17. The van der Waals surface area contributed by atoms with Gasteiger partial charge in [-0.2, -0.15) is 0 Å². The van der Waals surface area contributed by atoms with E-state index < -0.39 is 0 Å². The Morgan fingerprint density at radius 2 is 2.00 bits per heavy atom. The van der Waals surface area contributed by atoms with Crippen LogP contribution < -0.4 is 15.4 Å². The second kappa shape index (κ2) is 6.15. The quantitative estimate of drug-likeness (QED) is 0.884. The molecule has 4 nitrogen and oxygen atoms in total. The first-order chi connectivity index (χ1) is 8.74. The zero-order valence-electron chi connectivity index (χ0n) is 12.0. The summed E-state index contributed by atoms with van der Waals surface area (Å²) in [7, 11) is 1.55. The Bertz CT molecular complexity index is 455. The highest BCUT2D eigenvalue weighted by Crippen LogP contribution is 2.27. The molecule has 0 aliphatic heterocycles. The number of amides is 2. The third-order valence-corrected chi connectivity index (χ3v) is 3.29. The standard InChI is InChI=1S/C14H21ClN2O2/c1-9(14(2,3)4)16-13(18)17-11-8-10(15)6-7-12(11)19-5/h6-9H,1-5H3,(H2,16,17,18)/t9-/m1/s1. The molecule has 1 rings (SSSR count). The minimum atomic E-state index is -0.275. The molecule has 0 bridgehead atoms. The van der Waals surface area contributed by atoms with E-state index in [0.29, 0.717) is 16.5 Å². The van der Waals surface area contributed by atoms with Gasteiger partial charge in [0.15, 0.2) is 0 Å². The van der Waals surface area contributed by atoms with Crippen LogP contribution in [0.25, 0.3) is 0 Å². The number of ether oxygens (including phenoxy) is 1. The highest BCUT2D eigenvalue weighted by Gasteiger charge is 2.22. The van der Waals surface area contributed by atoms with Crippen LogP contribution in [0.3, 0.4) is 0 Å². The molecule has 0 unspecified atom stereocenters. The molecule has 1 atom stereocenters. The molecule has 1 aromatic rings. The molecule has 0 heterocycles. The number of carbonyl (C=O) groups is 1. The Labute approximate surface area is 119 Å². The lowest BCUT2D eigenvalue weighted by atomic mass is 9.88. The fourth-order valence-corrected chi connectivity index (χ4v) is 1.52. The van der Waals surface area contributed by atoms with E-state index in [1.165, 1.54) is 0 Å². The number of hydrogen-bond acceptors (Lipinski definition) is 2. The summed E-state index contributed by atoms with van der Waals surface area (Å²) in [6.45, 7) is 8.17. The fraction of sp³-hybridized carbons (Fsp3) is 0.500. The molecule has 0 aliphatic rings. The summed E-state index contributed by atoms with van der Waals surface area (Å²) in [5.74, 6) is 0.572. The van der Waals surface area contributed by atoms with Gasteiger partial charge >= 0.3 is 6.03 Å². The van der Waals surface area contributed by atoms with E-state index in [4.69, 9.17) is 16.3 Å². The average Bonchev–Trinajstić information content (AvgIpc) is 2.27. The number of halogens is 1. The molecular weight excluding hydrogens is 264 g/mol. The third-order valence-electron chi connectivity index (χ3n) is 3.06. The second-order valence-electron chi connectivity index (χ2n) is 5.53. The van der Waals surface area contributed by atoms with Gasteiger partial charge in [0.25, 0.3) is 0 Å². The van der Waals surface area contributed by atoms with E-state index in [1.54, 1.807) is 25.3 Å². The van der Waals surface area contributed by atoms with Crippen molar-refractivity contribution in [3.05, 3.63) is 23.2 Å². The van der Waals surface area contributed by atoms with Crippen LogP contribution in [0.5, 0.6) is 5.75 Å². The van der Waals surface area contributed by atoms with Crippen LogP contribution in [0.2, 0.25) is 5.02 Å². The molecular formula is C14H21ClN2O2. The van der Waals surface area contributed by atoms with E-state index in [9.17, 15) is 4.79 Å². The van der Waals surface area contributed by atoms with Crippen LogP contribution in [0.15, 0.2) is 18.2 Å². The van der Waals surface area contributed by atoms with Gasteiger partial charge in [0.05, 0.1) is 12.8 Å². The second-order valence-corrected chi connectivity index (χ2v) is 5.97. The number of methoxy groups -OCH3 is 1. The van der Waals surface area contributed by atoms with Crippen LogP contribution in [0.1, 0.15) is 27.7 Å². The largest absolute Gasteiger partial charge is 0.495 e. The Morgan fingerprint density at radius 1 is 1.37 bits per heavy atom. The summed E-state index contributed by atoms with van der Waals surface area (Å²) >= 11 is 5.91. The van der Waals surface area contributed by atoms with Gasteiger partial charge in [-0.3, -0.25) is 0 Å². The molecule has 0 saturated carbocycles. The first-order valence-electron chi connectivity index (χ1n) is 6.15. The molecule has 0 spiro atoms. The third kappa shape index (κ3) is 4.63. The lowest BCUT2D eigenvalue weighted by molar-refractivity contribution is 0.233. The molecule has 1 aromatic carbocycles. The Hall–Kier alpha value is -1.42. The minimum absolute atomic E-state index is 0.00421. The zero-order chi connectivity index (χ0) is 14.6. The van der Waals surface area contributed by atoms with Crippen molar-refractivity contribution in [1.82, 2.24) is 5.32 Å². The summed E-state index contributed by atoms with van der Waals surface area (Å²) in [4.78, 5) is 11.9. The van der Waals surface area contributed by atoms with Crippen molar-refractivity contribution in [3.8, 4) is 5.75 Å². The lowest BCUT2D eigenvalue weighted by Gasteiger charge is -2.28. The van der Waals surface area contributed by atoms with Gasteiger partial charge < -0.3 is 15.4 Å². The predicted octanol–water partition coefficient (Wildman–Crippen LogP) is 3.90. The van der Waals surface area contributed by atoms with Gasteiger partial charge in [-0.05, 0) is 30.5 Å². The average molecular weight is 285 g/mol. The number of nitrogens with one attached hydrogen (secondary N) is 2. The van der Waals surface area contributed by atoms with Crippen molar-refractivity contribution in [3.63, 3.8) is 0 Å². The maximum Gasteiger partial charge on any atom is 0.319 e. The molecule has 0 saturated heterocycles. The van der Waals surface area contributed by atoms with E-state index in [0.717, 1.165) is 0 Å². The molecule has 2 amide bonds. The topological polar surface area (TPSA) is 50.4 Å². The lowest BCUT2D eigenvalue weighted by Crippen LogP contribution is -2.43. The molecule has 19 heavy (non-hydrogen) atoms. The molecule has 0 aromatic heterocycles. The van der Waals surface area contributed by atoms with Crippen molar-refractivity contribution in [2.24, 2.45) is 5.41 Å². The molecule has 0 aliphatic carbocycles. The van der Waals surface area contributed by atoms with E-state index >= 15 is 0 Å². The van der Waals surface area contributed by atoms with Crippen molar-refractivity contribution in [1.29, 1.82) is 0 Å². The molecule has 106 valence electrons. The summed E-state index contributed by atoms with van der Waals surface area (Å²) in [5.41, 5.74) is 0.545. The fourth-order valence-electron chi connectivity index (χ4n) is 1.35. The Balaban J connectivity index is 2.75. The van der Waals surface area contributed by atoms with Crippen LogP contribution in [0.4, 0.5) is 10.5 Å². The van der Waals surface area contributed by atoms with Crippen LogP contribution in [-0.2, 0) is 0 Å². The van der Waals surface area contributed by atoms with Gasteiger partial charge in [0.1, 0.15) is 5.75 Å². The number of urea groups is 1. The Morgan fingerprint density at radius 3 is 2.53 bits per heavy atom. The van der Waals surface area contributed by atoms with Gasteiger partial charge in [-0.15, -0.1) is 0 Å². The first kappa shape index (κ1) is 15.6. The van der Waals surface area contributed by atoms with Crippen molar-refractivity contribution in [2.75, 3.05) is 12.4 Å². The summed E-state index contributed by atoms with van der Waals surface area (Å²) in [6.07, 6.45) is 0. The molecule has 2 N–H and O–H groups in total. The predicted molar refractivity (Wildman–Crippen MR) is 79.1 cm³/mol. The number of carbonyl (C=O) groups excluding carboxylic acids is 1. The summed E-state index contributed by atoms with van der Waals surface area (Å²) in [6, 6.07) is 4.84. The smallest absolute Gasteiger partial charge is 0.319 e. The zero-order valence-corrected chi connectivity index (χ0v) is 12.8. The Kier molecular flexibility index (Phi) is 5.06. The molecule has 0 fully saturated rings. The number of rotatable bonds is 3. The highest BCUT2D eigenvalue weighted by molar-refractivity contribution is 6.31. The van der Waals surface area contributed by atoms with Crippen LogP contribution in [0, 0.1) is 5.41 Å². The van der Waals surface area contributed by atoms with Crippen molar-refractivity contribution in [2.45, 2.75) is 33.7 Å². The van der Waals surface area contributed by atoms with Crippen molar-refractivity contribution >= 4 is 23.3 Å². The van der Waals surface area contributed by atoms with Crippen molar-refractivity contribution < 1.29 is 9.53 Å². The number of benzene rings is 1. The van der Waals surface area contributed by atoms with Crippen LogP contribution in [-0.4, -0.2) is 19.2 Å². The number of anilines is 1. The first-order valence-corrected chi connectivity index (χ1v) is 6.53. The monoisotopic (exact) mass is 284 g/mol. The highest BCUT2D eigenvalue weighted by atomic mass is 35.5. The molecule has 5 heteroatoms. The normalized spacial score (nSPS) is 12.7. The van der Waals surface area contributed by atoms with E-state index in [2.05, 4.69) is 31.4 Å². The van der Waals surface area contributed by atoms with E-state index in [1.807, 2.05) is 6.92 Å². The summed E-state index contributed by atoms with van der Waals surface area (Å²) in [5, 5.41) is 6.18. The van der Waals surface area contributed by atoms with Crippen LogP contribution >= 0.6 is 11.6 Å². The van der Waals surface area contributed by atoms with Gasteiger partial charge in [0.2, 0.25) is 0 Å². The van der Waals surface area contributed by atoms with E-state index in [-0.39, 0.29) is 17.5 Å².